The fourth-order valence-corrected chi connectivity index (χ4v) is 6.85. The van der Waals surface area contributed by atoms with Crippen molar-refractivity contribution in [1.29, 1.82) is 0 Å². The molecule has 0 unspecified atom stereocenters. The highest BCUT2D eigenvalue weighted by Gasteiger charge is 2.20. The number of fused-ring (bicyclic) bond motifs is 5. The van der Waals surface area contributed by atoms with Gasteiger partial charge >= 0.3 is 0 Å². The molecule has 0 aliphatic carbocycles. The molecule has 0 aliphatic rings. The topological polar surface area (TPSA) is 4.93 Å². The molecule has 1 heteroatoms. The highest BCUT2D eigenvalue weighted by molar-refractivity contribution is 6.21. The zero-order valence-electron chi connectivity index (χ0n) is 24.8. The van der Waals surface area contributed by atoms with Crippen LogP contribution < -0.4 is 0 Å². The normalized spacial score (nSPS) is 12.1. The molecule has 0 spiro atoms. The van der Waals surface area contributed by atoms with Crippen molar-refractivity contribution in [3.8, 4) is 27.9 Å². The summed E-state index contributed by atoms with van der Waals surface area (Å²) in [6.45, 7) is 6.89. The second-order valence-electron chi connectivity index (χ2n) is 12.6. The maximum absolute atomic E-state index is 2.43. The van der Waals surface area contributed by atoms with Crippen LogP contribution in [-0.2, 0) is 5.41 Å². The lowest BCUT2D eigenvalue weighted by molar-refractivity contribution is 0.591. The van der Waals surface area contributed by atoms with E-state index in [0.29, 0.717) is 0 Å². The Balaban J connectivity index is 1.40. The van der Waals surface area contributed by atoms with Crippen molar-refractivity contribution in [2.75, 3.05) is 0 Å². The van der Waals surface area contributed by atoms with Crippen LogP contribution in [0.5, 0.6) is 0 Å². The Hall–Kier alpha value is -5.14. The van der Waals surface area contributed by atoms with Crippen LogP contribution >= 0.6 is 0 Å². The summed E-state index contributed by atoms with van der Waals surface area (Å²) >= 11 is 0. The van der Waals surface area contributed by atoms with E-state index in [4.69, 9.17) is 0 Å². The van der Waals surface area contributed by atoms with Gasteiger partial charge in [0.25, 0.3) is 0 Å². The zero-order chi connectivity index (χ0) is 29.1. The number of hydrogen-bond acceptors (Lipinski definition) is 0. The van der Waals surface area contributed by atoms with Crippen molar-refractivity contribution in [2.24, 2.45) is 0 Å². The number of benzene rings is 7. The number of para-hydroxylation sites is 2. The molecule has 43 heavy (non-hydrogen) atoms. The Kier molecular flexibility index (Phi) is 5.77. The number of hydrogen-bond donors (Lipinski definition) is 0. The molecule has 0 saturated carbocycles. The second-order valence-corrected chi connectivity index (χ2v) is 12.6. The molecule has 1 aromatic heterocycles. The van der Waals surface area contributed by atoms with Gasteiger partial charge in [-0.2, -0.15) is 0 Å². The lowest BCUT2D eigenvalue weighted by Crippen LogP contribution is -2.10. The third-order valence-electron chi connectivity index (χ3n) is 8.95. The predicted molar refractivity (Wildman–Crippen MR) is 185 cm³/mol. The summed E-state index contributed by atoms with van der Waals surface area (Å²) in [6.07, 6.45) is 0. The minimum absolute atomic E-state index is 0.0535. The largest absolute Gasteiger partial charge is 0.309 e. The van der Waals surface area contributed by atoms with Crippen molar-refractivity contribution in [1.82, 2.24) is 4.57 Å². The molecular weight excluding hydrogens is 518 g/mol. The van der Waals surface area contributed by atoms with E-state index in [9.17, 15) is 0 Å². The minimum Gasteiger partial charge on any atom is -0.309 e. The molecule has 206 valence electrons. The SMILES string of the molecule is CC(C)(C)c1ccc2c(-c3ccc(-n4c5ccccc5c5ccccc54)cc3)c3ccccc3c(-c3ccccc3)c2c1. The molecule has 8 rings (SSSR count). The summed E-state index contributed by atoms with van der Waals surface area (Å²) in [4.78, 5) is 0. The maximum Gasteiger partial charge on any atom is 0.0541 e. The smallest absolute Gasteiger partial charge is 0.0541 e. The Labute approximate surface area is 252 Å². The van der Waals surface area contributed by atoms with Crippen molar-refractivity contribution in [3.63, 3.8) is 0 Å². The molecule has 0 amide bonds. The molecule has 8 aromatic rings. The molecule has 0 fully saturated rings. The number of nitrogens with zero attached hydrogens (tertiary/aromatic N) is 1. The molecule has 0 N–H and O–H groups in total. The van der Waals surface area contributed by atoms with Gasteiger partial charge < -0.3 is 4.57 Å². The first-order valence-electron chi connectivity index (χ1n) is 15.1. The highest BCUT2D eigenvalue weighted by atomic mass is 15.0. The van der Waals surface area contributed by atoms with E-state index in [-0.39, 0.29) is 5.41 Å². The second kappa shape index (κ2) is 9.71. The van der Waals surface area contributed by atoms with E-state index in [1.54, 1.807) is 0 Å². The van der Waals surface area contributed by atoms with Gasteiger partial charge in [0.1, 0.15) is 0 Å². The fraction of sp³-hybridized carbons (Fsp3) is 0.0952. The van der Waals surface area contributed by atoms with Crippen LogP contribution in [0.1, 0.15) is 26.3 Å². The van der Waals surface area contributed by atoms with E-state index >= 15 is 0 Å². The van der Waals surface area contributed by atoms with Gasteiger partial charge in [0.2, 0.25) is 0 Å². The first kappa shape index (κ1) is 25.6. The van der Waals surface area contributed by atoms with Crippen molar-refractivity contribution < 1.29 is 0 Å². The standard InChI is InChI=1S/C42H33N/c1-42(2,3)30-23-26-36-37(27-30)41(28-13-5-4-6-14-28)35-18-8-7-17-34(35)40(36)29-21-24-31(25-22-29)43-38-19-11-9-15-32(38)33-16-10-12-20-39(33)43/h4-27H,1-3H3. The van der Waals surface area contributed by atoms with Crippen LogP contribution in [0.4, 0.5) is 0 Å². The minimum atomic E-state index is 0.0535. The summed E-state index contributed by atoms with van der Waals surface area (Å²) < 4.78 is 2.39. The molecule has 0 radical (unpaired) electrons. The molecule has 0 aliphatic heterocycles. The Bertz CT molecular complexity index is 2240. The van der Waals surface area contributed by atoms with Crippen LogP contribution in [0.3, 0.4) is 0 Å². The molecule has 1 heterocycles. The average Bonchev–Trinajstić information content (AvgIpc) is 3.38. The van der Waals surface area contributed by atoms with Crippen LogP contribution in [0.25, 0.3) is 71.3 Å². The van der Waals surface area contributed by atoms with Crippen LogP contribution in [0.2, 0.25) is 0 Å². The van der Waals surface area contributed by atoms with E-state index in [1.807, 2.05) is 0 Å². The zero-order valence-corrected chi connectivity index (χ0v) is 24.8. The van der Waals surface area contributed by atoms with Gasteiger partial charge in [0, 0.05) is 16.5 Å². The first-order chi connectivity index (χ1) is 21.0. The third kappa shape index (κ3) is 4.07. The molecule has 1 nitrogen and oxygen atoms in total. The fourth-order valence-electron chi connectivity index (χ4n) is 6.85. The van der Waals surface area contributed by atoms with E-state index in [0.717, 1.165) is 0 Å². The molecule has 0 atom stereocenters. The van der Waals surface area contributed by atoms with Crippen molar-refractivity contribution in [3.05, 3.63) is 151 Å². The number of aromatic nitrogens is 1. The van der Waals surface area contributed by atoms with Gasteiger partial charge in [-0.25, -0.2) is 0 Å². The highest BCUT2D eigenvalue weighted by Crippen LogP contribution is 2.45. The quantitative estimate of drug-likeness (QED) is 0.192. The lowest BCUT2D eigenvalue weighted by atomic mass is 9.81. The van der Waals surface area contributed by atoms with Crippen molar-refractivity contribution >= 4 is 43.4 Å². The van der Waals surface area contributed by atoms with Crippen LogP contribution in [0, 0.1) is 0 Å². The lowest BCUT2D eigenvalue weighted by Gasteiger charge is -2.23. The third-order valence-corrected chi connectivity index (χ3v) is 8.95. The van der Waals surface area contributed by atoms with E-state index in [2.05, 4.69) is 171 Å². The monoisotopic (exact) mass is 551 g/mol. The van der Waals surface area contributed by atoms with Gasteiger partial charge in [-0.3, -0.25) is 0 Å². The Morgan fingerprint density at radius 1 is 0.395 bits per heavy atom. The Morgan fingerprint density at radius 3 is 1.44 bits per heavy atom. The summed E-state index contributed by atoms with van der Waals surface area (Å²) in [5, 5.41) is 7.72. The number of rotatable bonds is 3. The summed E-state index contributed by atoms with van der Waals surface area (Å²) in [6, 6.07) is 53.5. The van der Waals surface area contributed by atoms with Gasteiger partial charge in [0.15, 0.2) is 0 Å². The van der Waals surface area contributed by atoms with Gasteiger partial charge in [-0.15, -0.1) is 0 Å². The molecule has 7 aromatic carbocycles. The van der Waals surface area contributed by atoms with Gasteiger partial charge in [-0.05, 0) is 85.1 Å². The van der Waals surface area contributed by atoms with Crippen LogP contribution in [-0.4, -0.2) is 4.57 Å². The van der Waals surface area contributed by atoms with Crippen molar-refractivity contribution in [2.45, 2.75) is 26.2 Å². The summed E-state index contributed by atoms with van der Waals surface area (Å²) in [7, 11) is 0. The average molecular weight is 552 g/mol. The molecule has 0 bridgehead atoms. The molecular formula is C42H33N. The predicted octanol–water partition coefficient (Wildman–Crippen LogP) is 11.7. The first-order valence-corrected chi connectivity index (χ1v) is 15.1. The molecule has 0 saturated heterocycles. The Morgan fingerprint density at radius 2 is 0.860 bits per heavy atom. The summed E-state index contributed by atoms with van der Waals surface area (Å²) in [5.74, 6) is 0. The van der Waals surface area contributed by atoms with E-state index < -0.39 is 0 Å². The van der Waals surface area contributed by atoms with E-state index in [1.165, 1.54) is 76.9 Å². The van der Waals surface area contributed by atoms with Crippen LogP contribution in [0.15, 0.2) is 146 Å². The maximum atomic E-state index is 2.43. The van der Waals surface area contributed by atoms with Gasteiger partial charge in [0.05, 0.1) is 11.0 Å². The van der Waals surface area contributed by atoms with Gasteiger partial charge in [-0.1, -0.05) is 136 Å². The summed E-state index contributed by atoms with van der Waals surface area (Å²) in [5.41, 5.74) is 10.1.